The third-order valence-corrected chi connectivity index (χ3v) is 6.09. The molecule has 0 spiro atoms. The second-order valence-electron chi connectivity index (χ2n) is 5.66. The number of hydrogen-bond donors (Lipinski definition) is 1. The summed E-state index contributed by atoms with van der Waals surface area (Å²) in [5.74, 6) is 0.859. The van der Waals surface area contributed by atoms with Crippen molar-refractivity contribution in [1.82, 2.24) is 15.4 Å². The van der Waals surface area contributed by atoms with E-state index in [1.807, 2.05) is 11.8 Å². The number of aromatic nitrogens is 1. The van der Waals surface area contributed by atoms with Crippen molar-refractivity contribution in [3.63, 3.8) is 0 Å². The van der Waals surface area contributed by atoms with Crippen LogP contribution in [0.4, 0.5) is 0 Å². The summed E-state index contributed by atoms with van der Waals surface area (Å²) < 4.78 is 28.1. The minimum Gasteiger partial charge on any atom is -0.364 e. The van der Waals surface area contributed by atoms with Gasteiger partial charge in [0, 0.05) is 25.7 Å². The van der Waals surface area contributed by atoms with Gasteiger partial charge in [0.15, 0.2) is 15.8 Å². The third kappa shape index (κ3) is 4.34. The van der Waals surface area contributed by atoms with Gasteiger partial charge in [-0.2, -0.15) is 0 Å². The lowest BCUT2D eigenvalue weighted by molar-refractivity contribution is 0.353. The van der Waals surface area contributed by atoms with E-state index in [0.717, 1.165) is 12.2 Å². The molecule has 1 saturated heterocycles. The van der Waals surface area contributed by atoms with E-state index in [1.165, 1.54) is 6.26 Å². The first kappa shape index (κ1) is 19.2. The van der Waals surface area contributed by atoms with Crippen molar-refractivity contribution in [3.05, 3.63) is 18.0 Å². The van der Waals surface area contributed by atoms with Crippen LogP contribution in [0, 0.1) is 0 Å². The highest BCUT2D eigenvalue weighted by Crippen LogP contribution is 2.23. The molecule has 7 nitrogen and oxygen atoms in total. The summed E-state index contributed by atoms with van der Waals surface area (Å²) in [5, 5.41) is 7.02. The van der Waals surface area contributed by atoms with Crippen LogP contribution in [0.2, 0.25) is 0 Å². The van der Waals surface area contributed by atoms with Crippen LogP contribution < -0.4 is 5.32 Å². The van der Waals surface area contributed by atoms with Crippen LogP contribution in [0.25, 0.3) is 0 Å². The Labute approximate surface area is 148 Å². The van der Waals surface area contributed by atoms with Gasteiger partial charge >= 0.3 is 0 Å². The van der Waals surface area contributed by atoms with E-state index >= 15 is 0 Å². The minimum absolute atomic E-state index is 0. The number of hydrogen-bond acceptors (Lipinski definition) is 5. The van der Waals surface area contributed by atoms with Crippen LogP contribution in [0.3, 0.4) is 0 Å². The molecule has 0 amide bonds. The Morgan fingerprint density at radius 2 is 2.27 bits per heavy atom. The lowest BCUT2D eigenvalue weighted by atomic mass is 10.2. The summed E-state index contributed by atoms with van der Waals surface area (Å²) in [4.78, 5) is 6.50. The van der Waals surface area contributed by atoms with E-state index in [9.17, 15) is 8.42 Å². The average Bonchev–Trinajstić information content (AvgIpc) is 2.91. The summed E-state index contributed by atoms with van der Waals surface area (Å²) >= 11 is 0. The molecule has 0 aliphatic carbocycles. The fraction of sp³-hybridized carbons (Fsp3) is 0.692. The number of rotatable bonds is 3. The maximum Gasteiger partial charge on any atom is 0.194 e. The topological polar surface area (TPSA) is 87.8 Å². The molecule has 0 aromatic carbocycles. The van der Waals surface area contributed by atoms with Gasteiger partial charge in [-0.1, -0.05) is 5.16 Å². The van der Waals surface area contributed by atoms with Gasteiger partial charge in [-0.25, -0.2) is 13.4 Å². The fourth-order valence-electron chi connectivity index (χ4n) is 2.23. The molecule has 1 aliphatic heterocycles. The van der Waals surface area contributed by atoms with Crippen LogP contribution in [0.15, 0.2) is 21.8 Å². The number of guanidine groups is 1. The monoisotopic (exact) mass is 442 g/mol. The molecule has 1 aliphatic rings. The smallest absolute Gasteiger partial charge is 0.194 e. The molecular formula is C13H23IN4O3S. The minimum atomic E-state index is -3.05. The predicted molar refractivity (Wildman–Crippen MR) is 96.2 cm³/mol. The summed E-state index contributed by atoms with van der Waals surface area (Å²) in [6, 6.07) is 1.76. The number of nitrogens with one attached hydrogen (secondary N) is 1. The fourth-order valence-corrected chi connectivity index (χ4v) is 3.59. The van der Waals surface area contributed by atoms with Gasteiger partial charge in [0.25, 0.3) is 0 Å². The maximum absolute atomic E-state index is 12.1. The van der Waals surface area contributed by atoms with Crippen LogP contribution in [-0.2, 0) is 16.4 Å². The van der Waals surface area contributed by atoms with E-state index < -0.39 is 14.6 Å². The van der Waals surface area contributed by atoms with Gasteiger partial charge in [0.1, 0.15) is 12.0 Å². The number of halogens is 1. The van der Waals surface area contributed by atoms with E-state index in [2.05, 4.69) is 15.5 Å². The lowest BCUT2D eigenvalue weighted by Crippen LogP contribution is -2.57. The zero-order valence-corrected chi connectivity index (χ0v) is 16.2. The summed E-state index contributed by atoms with van der Waals surface area (Å²) in [5.41, 5.74) is 0.745. The second-order valence-corrected chi connectivity index (χ2v) is 8.40. The Morgan fingerprint density at radius 3 is 2.82 bits per heavy atom. The molecule has 1 fully saturated rings. The first-order valence-corrected chi connectivity index (χ1v) is 8.66. The van der Waals surface area contributed by atoms with Crippen molar-refractivity contribution >= 4 is 39.8 Å². The summed E-state index contributed by atoms with van der Waals surface area (Å²) in [6.07, 6.45) is 1.51. The van der Waals surface area contributed by atoms with Crippen LogP contribution in [0.5, 0.6) is 0 Å². The molecule has 9 heteroatoms. The molecular weight excluding hydrogens is 419 g/mol. The first-order valence-electron chi connectivity index (χ1n) is 7.00. The number of sulfone groups is 1. The van der Waals surface area contributed by atoms with Crippen molar-refractivity contribution in [2.75, 3.05) is 25.4 Å². The molecule has 1 aromatic heterocycles. The third-order valence-electron chi connectivity index (χ3n) is 3.56. The van der Waals surface area contributed by atoms with Crippen LogP contribution >= 0.6 is 24.0 Å². The standard InChI is InChI=1S/C13H22N4O3S.HI/c1-4-14-12(15-9-11-5-7-20-16-11)17-6-8-21(18,19)13(2,3)10-17;/h5,7H,4,6,8-10H2,1-3H3,(H,14,15);1H. The molecule has 0 radical (unpaired) electrons. The van der Waals surface area contributed by atoms with E-state index in [0.29, 0.717) is 25.6 Å². The molecule has 1 aromatic rings. The quantitative estimate of drug-likeness (QED) is 0.431. The van der Waals surface area contributed by atoms with Crippen molar-refractivity contribution in [3.8, 4) is 0 Å². The molecule has 0 saturated carbocycles. The highest BCUT2D eigenvalue weighted by Gasteiger charge is 2.40. The number of nitrogens with zero attached hydrogens (tertiary/aromatic N) is 3. The van der Waals surface area contributed by atoms with E-state index in [1.54, 1.807) is 19.9 Å². The zero-order chi connectivity index (χ0) is 15.5. The van der Waals surface area contributed by atoms with Gasteiger partial charge in [-0.3, -0.25) is 0 Å². The van der Waals surface area contributed by atoms with Gasteiger partial charge in [0.05, 0.1) is 17.0 Å². The second kappa shape index (κ2) is 7.62. The summed E-state index contributed by atoms with van der Waals surface area (Å²) in [6.45, 7) is 7.52. The van der Waals surface area contributed by atoms with E-state index in [-0.39, 0.29) is 29.7 Å². The molecule has 0 unspecified atom stereocenters. The average molecular weight is 442 g/mol. The van der Waals surface area contributed by atoms with Crippen molar-refractivity contribution in [2.24, 2.45) is 4.99 Å². The summed E-state index contributed by atoms with van der Waals surface area (Å²) in [7, 11) is -3.05. The molecule has 126 valence electrons. The normalized spacial score (nSPS) is 20.3. The molecule has 0 atom stereocenters. The van der Waals surface area contributed by atoms with Crippen LogP contribution in [-0.4, -0.2) is 54.6 Å². The van der Waals surface area contributed by atoms with Gasteiger partial charge < -0.3 is 14.7 Å². The predicted octanol–water partition coefficient (Wildman–Crippen LogP) is 1.27. The van der Waals surface area contributed by atoms with Gasteiger partial charge in [-0.05, 0) is 20.8 Å². The Morgan fingerprint density at radius 1 is 1.55 bits per heavy atom. The highest BCUT2D eigenvalue weighted by molar-refractivity contribution is 14.0. The Hall–Kier alpha value is -0.840. The molecule has 22 heavy (non-hydrogen) atoms. The SMILES string of the molecule is CCNC(=NCc1ccon1)N1CCS(=O)(=O)C(C)(C)C1.I. The molecule has 1 N–H and O–H groups in total. The first-order chi connectivity index (χ1) is 9.86. The van der Waals surface area contributed by atoms with Gasteiger partial charge in [0.2, 0.25) is 0 Å². The largest absolute Gasteiger partial charge is 0.364 e. The van der Waals surface area contributed by atoms with Crippen molar-refractivity contribution in [2.45, 2.75) is 32.1 Å². The van der Waals surface area contributed by atoms with Crippen molar-refractivity contribution < 1.29 is 12.9 Å². The zero-order valence-electron chi connectivity index (χ0n) is 13.1. The lowest BCUT2D eigenvalue weighted by Gasteiger charge is -2.39. The molecule has 2 rings (SSSR count). The Bertz CT molecular complexity index is 599. The highest BCUT2D eigenvalue weighted by atomic mass is 127. The Kier molecular flexibility index (Phi) is 6.65. The Balaban J connectivity index is 0.00000242. The molecule has 0 bridgehead atoms. The molecule has 2 heterocycles. The maximum atomic E-state index is 12.1. The van der Waals surface area contributed by atoms with Gasteiger partial charge in [-0.15, -0.1) is 24.0 Å². The van der Waals surface area contributed by atoms with Crippen molar-refractivity contribution in [1.29, 1.82) is 0 Å². The van der Waals surface area contributed by atoms with Crippen LogP contribution in [0.1, 0.15) is 26.5 Å². The van der Waals surface area contributed by atoms with E-state index in [4.69, 9.17) is 4.52 Å². The number of aliphatic imine (C=N–C) groups is 1.